The van der Waals surface area contributed by atoms with Gasteiger partial charge in [-0.3, -0.25) is 0 Å². The Labute approximate surface area is 96.2 Å². The Morgan fingerprint density at radius 2 is 1.87 bits per heavy atom. The second kappa shape index (κ2) is 8.60. The quantitative estimate of drug-likeness (QED) is 0.524. The first-order chi connectivity index (χ1) is 7.06. The lowest BCUT2D eigenvalue weighted by Crippen LogP contribution is -1.96. The van der Waals surface area contributed by atoms with E-state index in [9.17, 15) is 0 Å². The molecule has 0 aliphatic heterocycles. The van der Waals surface area contributed by atoms with Gasteiger partial charge in [-0.15, -0.1) is 6.42 Å². The minimum Gasteiger partial charge on any atom is -0.115 e. The molecule has 0 aromatic rings. The van der Waals surface area contributed by atoms with Crippen molar-refractivity contribution in [2.24, 2.45) is 11.8 Å². The lowest BCUT2D eigenvalue weighted by atomic mass is 9.96. The second-order valence-electron chi connectivity index (χ2n) is 5.04. The summed E-state index contributed by atoms with van der Waals surface area (Å²) < 4.78 is 0. The Kier molecular flexibility index (Phi) is 8.19. The highest BCUT2D eigenvalue weighted by Crippen LogP contribution is 2.17. The molecular formula is C15H26. The predicted molar refractivity (Wildman–Crippen MR) is 69.7 cm³/mol. The Morgan fingerprint density at radius 1 is 1.20 bits per heavy atom. The highest BCUT2D eigenvalue weighted by atomic mass is 14.1. The lowest BCUT2D eigenvalue weighted by molar-refractivity contribution is 0.439. The van der Waals surface area contributed by atoms with Crippen molar-refractivity contribution in [2.75, 3.05) is 0 Å². The van der Waals surface area contributed by atoms with Crippen molar-refractivity contribution in [3.63, 3.8) is 0 Å². The number of allylic oxidation sites excluding steroid dienone is 2. The molecule has 1 atom stereocenters. The van der Waals surface area contributed by atoms with Crippen LogP contribution in [0.5, 0.6) is 0 Å². The van der Waals surface area contributed by atoms with E-state index in [-0.39, 0.29) is 0 Å². The maximum atomic E-state index is 5.28. The number of hydrogen-bond acceptors (Lipinski definition) is 0. The molecule has 0 fully saturated rings. The van der Waals surface area contributed by atoms with Gasteiger partial charge in [0.25, 0.3) is 0 Å². The van der Waals surface area contributed by atoms with E-state index in [1.165, 1.54) is 25.7 Å². The summed E-state index contributed by atoms with van der Waals surface area (Å²) in [5.41, 5.74) is 1.07. The summed E-state index contributed by atoms with van der Waals surface area (Å²) in [6, 6.07) is 0. The summed E-state index contributed by atoms with van der Waals surface area (Å²) in [6.07, 6.45) is 14.0. The van der Waals surface area contributed by atoms with Gasteiger partial charge in [-0.25, -0.2) is 0 Å². The molecule has 0 aliphatic rings. The van der Waals surface area contributed by atoms with Crippen LogP contribution in [-0.2, 0) is 0 Å². The number of hydrogen-bond donors (Lipinski definition) is 0. The predicted octanol–water partition coefficient (Wildman–Crippen LogP) is 4.81. The molecule has 15 heavy (non-hydrogen) atoms. The van der Waals surface area contributed by atoms with Crippen molar-refractivity contribution in [3.8, 4) is 12.3 Å². The fourth-order valence-electron chi connectivity index (χ4n) is 1.66. The third kappa shape index (κ3) is 9.60. The van der Waals surface area contributed by atoms with Crippen LogP contribution in [0.4, 0.5) is 0 Å². The van der Waals surface area contributed by atoms with E-state index in [1.807, 2.05) is 6.92 Å². The van der Waals surface area contributed by atoms with Crippen LogP contribution in [0.25, 0.3) is 0 Å². The van der Waals surface area contributed by atoms with Crippen molar-refractivity contribution in [3.05, 3.63) is 11.6 Å². The highest BCUT2D eigenvalue weighted by molar-refractivity contribution is 5.22. The van der Waals surface area contributed by atoms with E-state index in [0.29, 0.717) is 0 Å². The number of rotatable bonds is 7. The first kappa shape index (κ1) is 14.3. The molecule has 1 unspecified atom stereocenters. The monoisotopic (exact) mass is 206 g/mol. The fourth-order valence-corrected chi connectivity index (χ4v) is 1.66. The average Bonchev–Trinajstić information content (AvgIpc) is 2.17. The Morgan fingerprint density at radius 3 is 2.40 bits per heavy atom. The van der Waals surface area contributed by atoms with Crippen molar-refractivity contribution in [1.82, 2.24) is 0 Å². The van der Waals surface area contributed by atoms with Crippen molar-refractivity contribution >= 4 is 0 Å². The molecule has 0 aliphatic carbocycles. The zero-order valence-corrected chi connectivity index (χ0v) is 10.8. The van der Waals surface area contributed by atoms with Gasteiger partial charge in [0.1, 0.15) is 0 Å². The van der Waals surface area contributed by atoms with Gasteiger partial charge in [0.15, 0.2) is 0 Å². The third-order valence-corrected chi connectivity index (χ3v) is 2.82. The van der Waals surface area contributed by atoms with Crippen LogP contribution < -0.4 is 0 Å². The third-order valence-electron chi connectivity index (χ3n) is 2.82. The van der Waals surface area contributed by atoms with Gasteiger partial charge >= 0.3 is 0 Å². The molecule has 0 nitrogen and oxygen atoms in total. The van der Waals surface area contributed by atoms with Gasteiger partial charge in [-0.2, -0.15) is 0 Å². The Hall–Kier alpha value is -0.700. The normalized spacial score (nSPS) is 14.0. The van der Waals surface area contributed by atoms with E-state index in [2.05, 4.69) is 32.8 Å². The van der Waals surface area contributed by atoms with Crippen LogP contribution in [0.1, 0.15) is 59.8 Å². The molecule has 0 heterocycles. The molecule has 0 radical (unpaired) electrons. The van der Waals surface area contributed by atoms with E-state index < -0.39 is 0 Å². The van der Waals surface area contributed by atoms with Gasteiger partial charge in [0.2, 0.25) is 0 Å². The van der Waals surface area contributed by atoms with Gasteiger partial charge < -0.3 is 0 Å². The number of terminal acetylenes is 1. The summed E-state index contributed by atoms with van der Waals surface area (Å²) in [7, 11) is 0. The fraction of sp³-hybridized carbons (Fsp3) is 0.733. The van der Waals surface area contributed by atoms with Gasteiger partial charge in [-0.05, 0) is 37.2 Å². The van der Waals surface area contributed by atoms with Crippen LogP contribution in [0, 0.1) is 24.2 Å². The average molecular weight is 206 g/mol. The van der Waals surface area contributed by atoms with Crippen LogP contribution in [0.15, 0.2) is 11.6 Å². The zero-order valence-electron chi connectivity index (χ0n) is 10.8. The SMILES string of the molecule is C#CC(C)=CCCC(C)CCCC(C)C. The molecule has 0 bridgehead atoms. The lowest BCUT2D eigenvalue weighted by Gasteiger charge is -2.10. The van der Waals surface area contributed by atoms with E-state index in [0.717, 1.165) is 23.8 Å². The summed E-state index contributed by atoms with van der Waals surface area (Å²) >= 11 is 0. The molecule has 0 amide bonds. The Bertz CT molecular complexity index is 215. The summed E-state index contributed by atoms with van der Waals surface area (Å²) in [4.78, 5) is 0. The Balaban J connectivity index is 3.50. The van der Waals surface area contributed by atoms with Gasteiger partial charge in [-0.1, -0.05) is 52.0 Å². The molecule has 0 saturated carbocycles. The minimum absolute atomic E-state index is 0.838. The molecule has 0 spiro atoms. The maximum absolute atomic E-state index is 5.28. The van der Waals surface area contributed by atoms with Gasteiger partial charge in [0.05, 0.1) is 0 Å². The minimum atomic E-state index is 0.838. The smallest absolute Gasteiger partial charge is 0.00533 e. The van der Waals surface area contributed by atoms with Crippen LogP contribution in [0.2, 0.25) is 0 Å². The molecule has 0 rings (SSSR count). The summed E-state index contributed by atoms with van der Waals surface area (Å²) in [6.45, 7) is 8.94. The van der Waals surface area contributed by atoms with Crippen molar-refractivity contribution < 1.29 is 0 Å². The van der Waals surface area contributed by atoms with Crippen molar-refractivity contribution in [2.45, 2.75) is 59.8 Å². The molecule has 0 aromatic heterocycles. The second-order valence-corrected chi connectivity index (χ2v) is 5.04. The standard InChI is InChI=1S/C15H26/c1-6-14(4)10-8-12-15(5)11-7-9-13(2)3/h1,10,13,15H,7-9,11-12H2,2-5H3. The highest BCUT2D eigenvalue weighted by Gasteiger charge is 2.02. The molecule has 0 saturated heterocycles. The first-order valence-corrected chi connectivity index (χ1v) is 6.19. The first-order valence-electron chi connectivity index (χ1n) is 6.19. The molecular weight excluding hydrogens is 180 g/mol. The molecule has 0 N–H and O–H groups in total. The summed E-state index contributed by atoms with van der Waals surface area (Å²) in [5, 5.41) is 0. The van der Waals surface area contributed by atoms with Gasteiger partial charge in [0, 0.05) is 0 Å². The van der Waals surface area contributed by atoms with E-state index in [4.69, 9.17) is 6.42 Å². The van der Waals surface area contributed by atoms with E-state index in [1.54, 1.807) is 0 Å². The zero-order chi connectivity index (χ0) is 11.7. The van der Waals surface area contributed by atoms with Crippen LogP contribution in [0.3, 0.4) is 0 Å². The summed E-state index contributed by atoms with van der Waals surface area (Å²) in [5.74, 6) is 4.34. The molecule has 0 heteroatoms. The maximum Gasteiger partial charge on any atom is -0.00533 e. The van der Waals surface area contributed by atoms with Crippen LogP contribution in [-0.4, -0.2) is 0 Å². The molecule has 86 valence electrons. The van der Waals surface area contributed by atoms with E-state index >= 15 is 0 Å². The van der Waals surface area contributed by atoms with Crippen molar-refractivity contribution in [1.29, 1.82) is 0 Å². The topological polar surface area (TPSA) is 0 Å². The molecule has 0 aromatic carbocycles. The van der Waals surface area contributed by atoms with Crippen LogP contribution >= 0.6 is 0 Å². The largest absolute Gasteiger partial charge is 0.115 e.